The van der Waals surface area contributed by atoms with Gasteiger partial charge in [-0.3, -0.25) is 9.59 Å². The predicted molar refractivity (Wildman–Crippen MR) is 82.8 cm³/mol. The second-order valence-electron chi connectivity index (χ2n) is 5.15. The van der Waals surface area contributed by atoms with Gasteiger partial charge in [-0.05, 0) is 24.8 Å². The summed E-state index contributed by atoms with van der Waals surface area (Å²) in [6.45, 7) is 3.26. The van der Waals surface area contributed by atoms with E-state index in [1.807, 2.05) is 35.2 Å². The summed E-state index contributed by atoms with van der Waals surface area (Å²) in [6, 6.07) is 9.80. The summed E-state index contributed by atoms with van der Waals surface area (Å²) >= 11 is 1.24. The van der Waals surface area contributed by atoms with Gasteiger partial charge in [0.2, 0.25) is 5.91 Å². The Morgan fingerprint density at radius 2 is 1.80 bits per heavy atom. The molecule has 1 aromatic carbocycles. The maximum atomic E-state index is 12.7. The van der Waals surface area contributed by atoms with Crippen LogP contribution in [0.2, 0.25) is 0 Å². The van der Waals surface area contributed by atoms with Crippen LogP contribution in [0.25, 0.3) is 0 Å². The van der Waals surface area contributed by atoms with Crippen LogP contribution in [0, 0.1) is 0 Å². The lowest BCUT2D eigenvalue weighted by Gasteiger charge is -2.30. The first-order valence-electron chi connectivity index (χ1n) is 7.15. The third kappa shape index (κ3) is 4.10. The minimum Gasteiger partial charge on any atom is -0.342 e. The molecule has 1 aliphatic rings. The fraction of sp³-hybridized carbons (Fsp3) is 0.500. The zero-order chi connectivity index (χ0) is 14.4. The molecule has 0 N–H and O–H groups in total. The Balaban J connectivity index is 2.12. The van der Waals surface area contributed by atoms with Crippen molar-refractivity contribution in [3.63, 3.8) is 0 Å². The van der Waals surface area contributed by atoms with E-state index in [0.717, 1.165) is 31.5 Å². The first kappa shape index (κ1) is 15.1. The van der Waals surface area contributed by atoms with Crippen molar-refractivity contribution in [3.8, 4) is 0 Å². The molecule has 2 rings (SSSR count). The highest BCUT2D eigenvalue weighted by Crippen LogP contribution is 2.25. The second kappa shape index (κ2) is 7.48. The summed E-state index contributed by atoms with van der Waals surface area (Å²) in [7, 11) is 0. The number of rotatable bonds is 4. The molecule has 1 atom stereocenters. The summed E-state index contributed by atoms with van der Waals surface area (Å²) in [5, 5.41) is 0.0670. The average Bonchev–Trinajstić information content (AvgIpc) is 2.49. The van der Waals surface area contributed by atoms with Gasteiger partial charge in [-0.1, -0.05) is 42.1 Å². The lowest BCUT2D eigenvalue weighted by atomic mass is 9.98. The highest BCUT2D eigenvalue weighted by atomic mass is 32.2. The van der Waals surface area contributed by atoms with Crippen molar-refractivity contribution in [2.24, 2.45) is 0 Å². The second-order valence-corrected chi connectivity index (χ2v) is 6.35. The number of piperidine rings is 1. The molecule has 0 spiro atoms. The molecule has 1 aromatic rings. The molecule has 0 bridgehead atoms. The monoisotopic (exact) mass is 291 g/mol. The van der Waals surface area contributed by atoms with Crippen LogP contribution in [0.15, 0.2) is 30.3 Å². The summed E-state index contributed by atoms with van der Waals surface area (Å²) in [4.78, 5) is 25.9. The molecule has 108 valence electrons. The van der Waals surface area contributed by atoms with Crippen molar-refractivity contribution >= 4 is 22.8 Å². The molecule has 4 heteroatoms. The van der Waals surface area contributed by atoms with E-state index in [1.54, 1.807) is 6.92 Å². The average molecular weight is 291 g/mol. The Labute approximate surface area is 124 Å². The van der Waals surface area contributed by atoms with Crippen molar-refractivity contribution in [2.45, 2.75) is 32.1 Å². The maximum absolute atomic E-state index is 12.7. The number of amides is 1. The van der Waals surface area contributed by atoms with Gasteiger partial charge in [0, 0.05) is 25.8 Å². The van der Waals surface area contributed by atoms with E-state index in [2.05, 4.69) is 0 Å². The number of carbonyl (C=O) groups excluding carboxylic acids is 2. The molecule has 0 aliphatic carbocycles. The van der Waals surface area contributed by atoms with Gasteiger partial charge in [0.1, 0.15) is 0 Å². The lowest BCUT2D eigenvalue weighted by molar-refractivity contribution is -0.133. The maximum Gasteiger partial charge on any atom is 0.230 e. The molecule has 20 heavy (non-hydrogen) atoms. The van der Waals surface area contributed by atoms with Gasteiger partial charge in [-0.2, -0.15) is 0 Å². The van der Waals surface area contributed by atoms with Crippen molar-refractivity contribution in [1.82, 2.24) is 4.90 Å². The Bertz CT molecular complexity index is 455. The van der Waals surface area contributed by atoms with Crippen molar-refractivity contribution < 1.29 is 9.59 Å². The summed E-state index contributed by atoms with van der Waals surface area (Å²) in [5.41, 5.74) is 1.01. The molecule has 1 amide bonds. The number of nitrogens with zero attached hydrogens (tertiary/aromatic N) is 1. The smallest absolute Gasteiger partial charge is 0.230 e. The molecule has 0 aromatic heterocycles. The zero-order valence-corrected chi connectivity index (χ0v) is 12.7. The van der Waals surface area contributed by atoms with Crippen LogP contribution >= 0.6 is 11.8 Å². The van der Waals surface area contributed by atoms with Crippen molar-refractivity contribution in [3.05, 3.63) is 35.9 Å². The Hall–Kier alpha value is -1.29. The predicted octanol–water partition coefficient (Wildman–Crippen LogP) is 3.06. The summed E-state index contributed by atoms with van der Waals surface area (Å²) < 4.78 is 0. The first-order chi connectivity index (χ1) is 9.68. The molecule has 1 aliphatic heterocycles. The zero-order valence-electron chi connectivity index (χ0n) is 11.9. The first-order valence-corrected chi connectivity index (χ1v) is 8.14. The van der Waals surface area contributed by atoms with E-state index in [0.29, 0.717) is 5.75 Å². The Morgan fingerprint density at radius 1 is 1.15 bits per heavy atom. The van der Waals surface area contributed by atoms with Gasteiger partial charge < -0.3 is 4.90 Å². The fourth-order valence-corrected chi connectivity index (χ4v) is 3.27. The fourth-order valence-electron chi connectivity index (χ4n) is 2.53. The van der Waals surface area contributed by atoms with Crippen LogP contribution in [0.4, 0.5) is 0 Å². The van der Waals surface area contributed by atoms with Gasteiger partial charge in [-0.15, -0.1) is 0 Å². The highest BCUT2D eigenvalue weighted by Gasteiger charge is 2.27. The van der Waals surface area contributed by atoms with Crippen LogP contribution in [-0.4, -0.2) is 34.8 Å². The Kier molecular flexibility index (Phi) is 5.65. The molecule has 1 fully saturated rings. The number of benzene rings is 1. The summed E-state index contributed by atoms with van der Waals surface area (Å²) in [5.74, 6) is 0.502. The third-order valence-corrected chi connectivity index (χ3v) is 4.53. The molecular weight excluding hydrogens is 270 g/mol. The van der Waals surface area contributed by atoms with Gasteiger partial charge in [0.05, 0.1) is 5.92 Å². The SMILES string of the molecule is CC(=O)SCC(C(=O)N1CCCCC1)c1ccccc1. The standard InChI is InChI=1S/C16H21NO2S/c1-13(18)20-12-15(14-8-4-2-5-9-14)16(19)17-10-6-3-7-11-17/h2,4-5,8-9,15H,3,6-7,10-12H2,1H3. The number of thioether (sulfide) groups is 1. The molecule has 0 radical (unpaired) electrons. The molecule has 0 saturated carbocycles. The van der Waals surface area contributed by atoms with Gasteiger partial charge in [-0.25, -0.2) is 0 Å². The van der Waals surface area contributed by atoms with Gasteiger partial charge in [0.25, 0.3) is 0 Å². The lowest BCUT2D eigenvalue weighted by Crippen LogP contribution is -2.39. The minimum absolute atomic E-state index is 0.0670. The number of hydrogen-bond donors (Lipinski definition) is 0. The van der Waals surface area contributed by atoms with Crippen LogP contribution in [0.3, 0.4) is 0 Å². The summed E-state index contributed by atoms with van der Waals surface area (Å²) in [6.07, 6.45) is 3.39. The molecule has 1 saturated heterocycles. The van der Waals surface area contributed by atoms with E-state index in [1.165, 1.54) is 18.2 Å². The van der Waals surface area contributed by atoms with E-state index >= 15 is 0 Å². The van der Waals surface area contributed by atoms with E-state index < -0.39 is 0 Å². The van der Waals surface area contributed by atoms with E-state index in [4.69, 9.17) is 0 Å². The number of likely N-dealkylation sites (tertiary alicyclic amines) is 1. The Morgan fingerprint density at radius 3 is 2.40 bits per heavy atom. The van der Waals surface area contributed by atoms with Crippen LogP contribution in [0.1, 0.15) is 37.7 Å². The van der Waals surface area contributed by atoms with E-state index in [-0.39, 0.29) is 16.9 Å². The minimum atomic E-state index is -0.205. The van der Waals surface area contributed by atoms with Gasteiger partial charge in [0.15, 0.2) is 5.12 Å². The molecule has 1 heterocycles. The van der Waals surface area contributed by atoms with Crippen LogP contribution in [0.5, 0.6) is 0 Å². The topological polar surface area (TPSA) is 37.4 Å². The quantitative estimate of drug-likeness (QED) is 0.855. The molecule has 3 nitrogen and oxygen atoms in total. The van der Waals surface area contributed by atoms with Crippen molar-refractivity contribution in [1.29, 1.82) is 0 Å². The largest absolute Gasteiger partial charge is 0.342 e. The molecular formula is C16H21NO2S. The van der Waals surface area contributed by atoms with E-state index in [9.17, 15) is 9.59 Å². The number of hydrogen-bond acceptors (Lipinski definition) is 3. The normalized spacial score (nSPS) is 16.8. The van der Waals surface area contributed by atoms with Gasteiger partial charge >= 0.3 is 0 Å². The third-order valence-electron chi connectivity index (χ3n) is 3.62. The number of carbonyl (C=O) groups is 2. The van der Waals surface area contributed by atoms with Crippen LogP contribution < -0.4 is 0 Å². The van der Waals surface area contributed by atoms with Crippen LogP contribution in [-0.2, 0) is 9.59 Å². The van der Waals surface area contributed by atoms with Crippen molar-refractivity contribution in [2.75, 3.05) is 18.8 Å². The molecule has 1 unspecified atom stereocenters. The highest BCUT2D eigenvalue weighted by molar-refractivity contribution is 8.13.